The van der Waals surface area contributed by atoms with Crippen LogP contribution in [0.15, 0.2) is 58.3 Å². The Labute approximate surface area is 117 Å². The summed E-state index contributed by atoms with van der Waals surface area (Å²) in [6.07, 6.45) is 0.889. The lowest BCUT2D eigenvalue weighted by Crippen LogP contribution is -2.04. The van der Waals surface area contributed by atoms with Gasteiger partial charge in [-0.1, -0.05) is 49.0 Å². The minimum Gasteiger partial charge on any atom is -0.465 e. The molecule has 2 nitrogen and oxygen atoms in total. The third-order valence-corrected chi connectivity index (χ3v) is 4.04. The van der Waals surface area contributed by atoms with E-state index in [0.29, 0.717) is 5.56 Å². The molecule has 2 aromatic rings. The van der Waals surface area contributed by atoms with E-state index in [0.717, 1.165) is 21.8 Å². The van der Waals surface area contributed by atoms with Gasteiger partial charge in [-0.2, -0.15) is 0 Å². The van der Waals surface area contributed by atoms with Gasteiger partial charge in [0.05, 0.1) is 12.7 Å². The normalized spacial score (nSPS) is 10.2. The molecule has 3 heteroatoms. The van der Waals surface area contributed by atoms with Crippen LogP contribution in [0.4, 0.5) is 0 Å². The van der Waals surface area contributed by atoms with Crippen molar-refractivity contribution in [3.05, 3.63) is 59.7 Å². The maximum Gasteiger partial charge on any atom is 0.339 e. The zero-order valence-corrected chi connectivity index (χ0v) is 11.9. The van der Waals surface area contributed by atoms with Crippen LogP contribution in [0.2, 0.25) is 0 Å². The first-order valence-corrected chi connectivity index (χ1v) is 7.01. The molecule has 0 fully saturated rings. The highest BCUT2D eigenvalue weighted by Gasteiger charge is 2.15. The van der Waals surface area contributed by atoms with Crippen molar-refractivity contribution in [2.24, 2.45) is 0 Å². The Morgan fingerprint density at radius 2 is 1.84 bits per heavy atom. The zero-order chi connectivity index (χ0) is 13.7. The fourth-order valence-electron chi connectivity index (χ4n) is 1.86. The van der Waals surface area contributed by atoms with E-state index in [1.54, 1.807) is 11.8 Å². The molecule has 0 saturated carbocycles. The zero-order valence-electron chi connectivity index (χ0n) is 11.1. The molecule has 0 aliphatic heterocycles. The van der Waals surface area contributed by atoms with Crippen molar-refractivity contribution in [2.75, 3.05) is 7.11 Å². The van der Waals surface area contributed by atoms with Crippen LogP contribution in [0.3, 0.4) is 0 Å². The molecule has 0 N–H and O–H groups in total. The molecule has 0 aromatic heterocycles. The Morgan fingerprint density at radius 3 is 2.47 bits per heavy atom. The molecule has 0 aliphatic carbocycles. The van der Waals surface area contributed by atoms with Gasteiger partial charge in [-0.05, 0) is 30.2 Å². The lowest BCUT2D eigenvalue weighted by Gasteiger charge is -2.12. The first-order chi connectivity index (χ1) is 9.26. The quantitative estimate of drug-likeness (QED) is 0.781. The Morgan fingerprint density at radius 1 is 1.11 bits per heavy atom. The molecule has 98 valence electrons. The fourth-order valence-corrected chi connectivity index (χ4v) is 2.99. The van der Waals surface area contributed by atoms with Crippen LogP contribution in [-0.2, 0) is 11.2 Å². The number of esters is 1. The van der Waals surface area contributed by atoms with Gasteiger partial charge in [0, 0.05) is 9.79 Å². The van der Waals surface area contributed by atoms with Gasteiger partial charge in [0.25, 0.3) is 0 Å². The number of aryl methyl sites for hydroxylation is 1. The van der Waals surface area contributed by atoms with E-state index in [4.69, 9.17) is 4.74 Å². The second-order valence-electron chi connectivity index (χ2n) is 4.05. The van der Waals surface area contributed by atoms with Crippen LogP contribution in [0.5, 0.6) is 0 Å². The minimum absolute atomic E-state index is 0.284. The summed E-state index contributed by atoms with van der Waals surface area (Å²) in [5, 5.41) is 0. The van der Waals surface area contributed by atoms with Gasteiger partial charge in [-0.15, -0.1) is 0 Å². The number of hydrogen-bond donors (Lipinski definition) is 0. The van der Waals surface area contributed by atoms with Crippen LogP contribution in [-0.4, -0.2) is 13.1 Å². The SMILES string of the molecule is CCc1cccc(C(=O)OC)c1Sc1ccccc1. The first-order valence-electron chi connectivity index (χ1n) is 6.19. The molecule has 0 radical (unpaired) electrons. The highest BCUT2D eigenvalue weighted by atomic mass is 32.2. The number of carbonyl (C=O) groups is 1. The second-order valence-corrected chi connectivity index (χ2v) is 5.14. The largest absolute Gasteiger partial charge is 0.465 e. The summed E-state index contributed by atoms with van der Waals surface area (Å²) in [6.45, 7) is 2.09. The predicted octanol–water partition coefficient (Wildman–Crippen LogP) is 4.19. The van der Waals surface area contributed by atoms with Crippen molar-refractivity contribution in [1.82, 2.24) is 0 Å². The van der Waals surface area contributed by atoms with Crippen LogP contribution in [0.25, 0.3) is 0 Å². The smallest absolute Gasteiger partial charge is 0.339 e. The molecule has 2 rings (SSSR count). The van der Waals surface area contributed by atoms with Crippen molar-refractivity contribution in [2.45, 2.75) is 23.1 Å². The van der Waals surface area contributed by atoms with Crippen LogP contribution >= 0.6 is 11.8 Å². The molecule has 0 atom stereocenters. The summed E-state index contributed by atoms with van der Waals surface area (Å²) in [5.74, 6) is -0.284. The molecule has 0 bridgehead atoms. The summed E-state index contributed by atoms with van der Waals surface area (Å²) in [4.78, 5) is 14.0. The highest BCUT2D eigenvalue weighted by molar-refractivity contribution is 7.99. The Kier molecular flexibility index (Phi) is 4.63. The topological polar surface area (TPSA) is 26.3 Å². The summed E-state index contributed by atoms with van der Waals surface area (Å²) in [5.41, 5.74) is 1.80. The average Bonchev–Trinajstić information content (AvgIpc) is 2.47. The van der Waals surface area contributed by atoms with Gasteiger partial charge < -0.3 is 4.74 Å². The number of ether oxygens (including phenoxy) is 1. The molecule has 0 saturated heterocycles. The Bertz CT molecular complexity index is 564. The number of benzene rings is 2. The second kappa shape index (κ2) is 6.43. The monoisotopic (exact) mass is 272 g/mol. The van der Waals surface area contributed by atoms with Crippen molar-refractivity contribution < 1.29 is 9.53 Å². The third-order valence-electron chi connectivity index (χ3n) is 2.85. The van der Waals surface area contributed by atoms with Gasteiger partial charge in [0.15, 0.2) is 0 Å². The van der Waals surface area contributed by atoms with Gasteiger partial charge in [0.1, 0.15) is 0 Å². The average molecular weight is 272 g/mol. The highest BCUT2D eigenvalue weighted by Crippen LogP contribution is 2.34. The summed E-state index contributed by atoms with van der Waals surface area (Å²) in [6, 6.07) is 15.8. The van der Waals surface area contributed by atoms with Gasteiger partial charge in [0.2, 0.25) is 0 Å². The number of methoxy groups -OCH3 is 1. The molecule has 19 heavy (non-hydrogen) atoms. The Balaban J connectivity index is 2.44. The van der Waals surface area contributed by atoms with Gasteiger partial charge in [-0.3, -0.25) is 0 Å². The Hall–Kier alpha value is -1.74. The van der Waals surface area contributed by atoms with E-state index in [1.165, 1.54) is 7.11 Å². The standard InChI is InChI=1S/C16H16O2S/c1-3-12-8-7-11-14(16(17)18-2)15(12)19-13-9-5-4-6-10-13/h4-11H,3H2,1-2H3. The molecule has 0 unspecified atom stereocenters. The maximum atomic E-state index is 11.9. The number of hydrogen-bond acceptors (Lipinski definition) is 3. The molecular weight excluding hydrogens is 256 g/mol. The maximum absolute atomic E-state index is 11.9. The van der Waals surface area contributed by atoms with Gasteiger partial charge in [-0.25, -0.2) is 4.79 Å². The molecule has 0 aliphatic rings. The van der Waals surface area contributed by atoms with Crippen LogP contribution < -0.4 is 0 Å². The molecule has 0 spiro atoms. The number of carbonyl (C=O) groups excluding carboxylic acids is 1. The van der Waals surface area contributed by atoms with E-state index < -0.39 is 0 Å². The minimum atomic E-state index is -0.284. The summed E-state index contributed by atoms with van der Waals surface area (Å²) >= 11 is 1.61. The molecular formula is C16H16O2S. The first kappa shape index (κ1) is 13.7. The lowest BCUT2D eigenvalue weighted by molar-refractivity contribution is 0.0596. The van der Waals surface area contributed by atoms with Crippen LogP contribution in [0.1, 0.15) is 22.8 Å². The van der Waals surface area contributed by atoms with Crippen molar-refractivity contribution in [3.63, 3.8) is 0 Å². The van der Waals surface area contributed by atoms with Gasteiger partial charge >= 0.3 is 5.97 Å². The number of rotatable bonds is 4. The molecule has 0 amide bonds. The van der Waals surface area contributed by atoms with E-state index >= 15 is 0 Å². The van der Waals surface area contributed by atoms with Crippen molar-refractivity contribution in [1.29, 1.82) is 0 Å². The molecule has 2 aromatic carbocycles. The third kappa shape index (κ3) is 3.18. The van der Waals surface area contributed by atoms with E-state index in [9.17, 15) is 4.79 Å². The fraction of sp³-hybridized carbons (Fsp3) is 0.188. The summed E-state index contributed by atoms with van der Waals surface area (Å²) in [7, 11) is 1.41. The summed E-state index contributed by atoms with van der Waals surface area (Å²) < 4.78 is 4.86. The van der Waals surface area contributed by atoms with Crippen molar-refractivity contribution in [3.8, 4) is 0 Å². The van der Waals surface area contributed by atoms with E-state index in [1.807, 2.05) is 42.5 Å². The van der Waals surface area contributed by atoms with Crippen molar-refractivity contribution >= 4 is 17.7 Å². The van der Waals surface area contributed by atoms with Crippen LogP contribution in [0, 0.1) is 0 Å². The lowest BCUT2D eigenvalue weighted by atomic mass is 10.1. The molecule has 0 heterocycles. The predicted molar refractivity (Wildman–Crippen MR) is 77.7 cm³/mol. The van der Waals surface area contributed by atoms with E-state index in [-0.39, 0.29) is 5.97 Å². The van der Waals surface area contributed by atoms with E-state index in [2.05, 4.69) is 13.0 Å².